The van der Waals surface area contributed by atoms with Gasteiger partial charge in [0.1, 0.15) is 10.7 Å². The van der Waals surface area contributed by atoms with Gasteiger partial charge in [0.25, 0.3) is 0 Å². The van der Waals surface area contributed by atoms with Crippen molar-refractivity contribution in [3.8, 4) is 5.69 Å². The number of nitrogens with zero attached hydrogens (tertiary/aromatic N) is 3. The van der Waals surface area contributed by atoms with Gasteiger partial charge >= 0.3 is 5.88 Å². The van der Waals surface area contributed by atoms with E-state index in [9.17, 15) is 10.1 Å². The number of imidazole rings is 1. The third kappa shape index (κ3) is 3.57. The highest BCUT2D eigenvalue weighted by atomic mass is 32.2. The van der Waals surface area contributed by atoms with Crippen LogP contribution in [0.25, 0.3) is 11.8 Å². The zero-order valence-electron chi connectivity index (χ0n) is 13.2. The second-order valence-corrected chi connectivity index (χ2v) is 6.15. The Morgan fingerprint density at radius 1 is 1.25 bits per heavy atom. The number of hydrogen-bond acceptors (Lipinski definition) is 5. The van der Waals surface area contributed by atoms with E-state index < -0.39 is 4.92 Å². The average Bonchev–Trinajstić information content (AvgIpc) is 3.15. The van der Waals surface area contributed by atoms with Gasteiger partial charge in [0.2, 0.25) is 0 Å². The molecule has 122 valence electrons. The lowest BCUT2D eigenvalue weighted by Crippen LogP contribution is -1.95. The summed E-state index contributed by atoms with van der Waals surface area (Å²) in [5.74, 6) is 0.162. The van der Waals surface area contributed by atoms with Crippen molar-refractivity contribution in [2.24, 2.45) is 0 Å². The van der Waals surface area contributed by atoms with E-state index in [1.165, 1.54) is 29.0 Å². The Kier molecular flexibility index (Phi) is 4.52. The molecule has 3 aromatic rings. The molecular weight excluding hydrogens is 326 g/mol. The fourth-order valence-corrected chi connectivity index (χ4v) is 3.08. The van der Waals surface area contributed by atoms with Crippen LogP contribution in [0.15, 0.2) is 57.7 Å². The van der Waals surface area contributed by atoms with E-state index in [2.05, 4.69) is 37.0 Å². The van der Waals surface area contributed by atoms with Crippen molar-refractivity contribution in [3.05, 3.63) is 75.1 Å². The average molecular weight is 341 g/mol. The highest BCUT2D eigenvalue weighted by molar-refractivity contribution is 8.02. The molecule has 0 saturated carbocycles. The molecule has 24 heavy (non-hydrogen) atoms. The van der Waals surface area contributed by atoms with Crippen molar-refractivity contribution in [2.45, 2.75) is 19.0 Å². The van der Waals surface area contributed by atoms with Crippen LogP contribution in [0.4, 0.5) is 5.88 Å². The van der Waals surface area contributed by atoms with Crippen LogP contribution in [0.3, 0.4) is 0 Å². The van der Waals surface area contributed by atoms with E-state index in [4.69, 9.17) is 4.42 Å². The molecule has 0 atom stereocenters. The standard InChI is InChI=1S/C17H15N3O3S/c1-12-9-13(2)11-14(10-12)19-7-6-18-17(19)24-8-5-15-3-4-16(23-15)20(21)22/h3-11H,1-2H3/b8-5+. The molecule has 2 aromatic heterocycles. The number of furan rings is 1. The van der Waals surface area contributed by atoms with Gasteiger partial charge in [-0.2, -0.15) is 0 Å². The Labute approximate surface area is 143 Å². The van der Waals surface area contributed by atoms with Crippen LogP contribution in [0, 0.1) is 24.0 Å². The maximum Gasteiger partial charge on any atom is 0.433 e. The zero-order valence-corrected chi connectivity index (χ0v) is 14.0. The molecule has 0 radical (unpaired) electrons. The lowest BCUT2D eigenvalue weighted by Gasteiger charge is -2.08. The monoisotopic (exact) mass is 341 g/mol. The Bertz CT molecular complexity index is 891. The smallest absolute Gasteiger partial charge is 0.401 e. The van der Waals surface area contributed by atoms with E-state index in [1.54, 1.807) is 23.7 Å². The first-order chi connectivity index (χ1) is 11.5. The van der Waals surface area contributed by atoms with Gasteiger partial charge in [-0.3, -0.25) is 14.7 Å². The molecule has 1 aromatic carbocycles. The number of aryl methyl sites for hydroxylation is 2. The molecule has 0 aliphatic rings. The fraction of sp³-hybridized carbons (Fsp3) is 0.118. The van der Waals surface area contributed by atoms with Gasteiger partial charge in [-0.05, 0) is 54.7 Å². The first-order valence-electron chi connectivity index (χ1n) is 7.22. The first kappa shape index (κ1) is 16.1. The summed E-state index contributed by atoms with van der Waals surface area (Å²) in [5, 5.41) is 13.2. The molecule has 0 aliphatic carbocycles. The second kappa shape index (κ2) is 6.76. The Morgan fingerprint density at radius 3 is 2.67 bits per heavy atom. The molecule has 0 aliphatic heterocycles. The van der Waals surface area contributed by atoms with Crippen LogP contribution in [0.1, 0.15) is 16.9 Å². The van der Waals surface area contributed by atoms with Crippen LogP contribution >= 0.6 is 11.8 Å². The molecule has 6 nitrogen and oxygen atoms in total. The number of benzene rings is 1. The Hall–Kier alpha value is -2.80. The highest BCUT2D eigenvalue weighted by Crippen LogP contribution is 2.24. The number of nitro groups is 1. The molecule has 0 fully saturated rings. The Balaban J connectivity index is 1.78. The molecule has 7 heteroatoms. The van der Waals surface area contributed by atoms with Crippen LogP contribution < -0.4 is 0 Å². The van der Waals surface area contributed by atoms with Crippen molar-refractivity contribution in [1.82, 2.24) is 9.55 Å². The van der Waals surface area contributed by atoms with E-state index in [0.717, 1.165) is 10.8 Å². The molecule has 0 N–H and O–H groups in total. The molecular formula is C17H15N3O3S. The largest absolute Gasteiger partial charge is 0.433 e. The van der Waals surface area contributed by atoms with Crippen molar-refractivity contribution in [3.63, 3.8) is 0 Å². The summed E-state index contributed by atoms with van der Waals surface area (Å²) in [6.45, 7) is 4.12. The van der Waals surface area contributed by atoms with Crippen molar-refractivity contribution in [1.29, 1.82) is 0 Å². The van der Waals surface area contributed by atoms with Crippen LogP contribution in [0.2, 0.25) is 0 Å². The van der Waals surface area contributed by atoms with E-state index in [1.807, 2.05) is 10.8 Å². The van der Waals surface area contributed by atoms with Gasteiger partial charge in [-0.15, -0.1) is 0 Å². The molecule has 0 bridgehead atoms. The molecule has 0 amide bonds. The first-order valence-corrected chi connectivity index (χ1v) is 8.10. The van der Waals surface area contributed by atoms with Gasteiger partial charge in [-0.25, -0.2) is 4.98 Å². The molecule has 3 rings (SSSR count). The SMILES string of the molecule is Cc1cc(C)cc(-n2ccnc2S/C=C/c2ccc([N+](=O)[O-])o2)c1. The predicted octanol–water partition coefficient (Wildman–Crippen LogP) is 4.75. The topological polar surface area (TPSA) is 74.1 Å². The maximum absolute atomic E-state index is 10.6. The zero-order chi connectivity index (χ0) is 17.1. The van der Waals surface area contributed by atoms with E-state index in [0.29, 0.717) is 5.76 Å². The molecule has 2 heterocycles. The number of aromatic nitrogens is 2. The third-order valence-corrected chi connectivity index (χ3v) is 4.07. The summed E-state index contributed by atoms with van der Waals surface area (Å²) in [6.07, 6.45) is 5.33. The Morgan fingerprint density at radius 2 is 2.00 bits per heavy atom. The lowest BCUT2D eigenvalue weighted by atomic mass is 10.1. The van der Waals surface area contributed by atoms with E-state index in [-0.39, 0.29) is 5.88 Å². The minimum absolute atomic E-state index is 0.267. The van der Waals surface area contributed by atoms with Gasteiger partial charge in [0, 0.05) is 18.1 Å². The quantitative estimate of drug-likeness (QED) is 0.380. The fourth-order valence-electron chi connectivity index (χ4n) is 2.36. The summed E-state index contributed by atoms with van der Waals surface area (Å²) in [7, 11) is 0. The van der Waals surface area contributed by atoms with Crippen LogP contribution in [-0.2, 0) is 0 Å². The van der Waals surface area contributed by atoms with Gasteiger partial charge < -0.3 is 4.42 Å². The number of thioether (sulfide) groups is 1. The third-order valence-electron chi connectivity index (χ3n) is 3.29. The number of hydrogen-bond donors (Lipinski definition) is 0. The summed E-state index contributed by atoms with van der Waals surface area (Å²) in [5.41, 5.74) is 3.43. The second-order valence-electron chi connectivity index (χ2n) is 5.28. The maximum atomic E-state index is 10.6. The number of rotatable bonds is 5. The van der Waals surface area contributed by atoms with Gasteiger partial charge in [-0.1, -0.05) is 17.8 Å². The molecule has 0 spiro atoms. The minimum Gasteiger partial charge on any atom is -0.401 e. The molecule has 0 saturated heterocycles. The normalized spacial score (nSPS) is 11.2. The summed E-state index contributed by atoms with van der Waals surface area (Å²) >= 11 is 1.41. The van der Waals surface area contributed by atoms with Crippen LogP contribution in [0.5, 0.6) is 0 Å². The van der Waals surface area contributed by atoms with Crippen molar-refractivity contribution >= 4 is 23.7 Å². The summed E-state index contributed by atoms with van der Waals surface area (Å²) in [6, 6.07) is 9.21. The van der Waals surface area contributed by atoms with Gasteiger partial charge in [0.15, 0.2) is 5.16 Å². The van der Waals surface area contributed by atoms with Gasteiger partial charge in [0.05, 0.1) is 6.07 Å². The van der Waals surface area contributed by atoms with Crippen LogP contribution in [-0.4, -0.2) is 14.5 Å². The summed E-state index contributed by atoms with van der Waals surface area (Å²) in [4.78, 5) is 14.4. The van der Waals surface area contributed by atoms with Crippen molar-refractivity contribution in [2.75, 3.05) is 0 Å². The van der Waals surface area contributed by atoms with Crippen molar-refractivity contribution < 1.29 is 9.34 Å². The molecule has 0 unspecified atom stereocenters. The minimum atomic E-state index is -0.558. The highest BCUT2D eigenvalue weighted by Gasteiger charge is 2.10. The predicted molar refractivity (Wildman–Crippen MR) is 93.3 cm³/mol. The summed E-state index contributed by atoms with van der Waals surface area (Å²) < 4.78 is 7.08. The lowest BCUT2D eigenvalue weighted by molar-refractivity contribution is -0.402. The van der Waals surface area contributed by atoms with E-state index >= 15 is 0 Å².